The van der Waals surface area contributed by atoms with Gasteiger partial charge >= 0.3 is 0 Å². The average molecular weight is 267 g/mol. The molecule has 0 bridgehead atoms. The zero-order valence-electron chi connectivity index (χ0n) is 12.3. The smallest absolute Gasteiger partial charge is 0.126 e. The van der Waals surface area contributed by atoms with Gasteiger partial charge in [-0.1, -0.05) is 41.5 Å². The number of aryl methyl sites for hydroxylation is 3. The van der Waals surface area contributed by atoms with E-state index in [1.54, 1.807) is 0 Å². The Labute approximate surface area is 120 Å². The van der Waals surface area contributed by atoms with Crippen LogP contribution in [0.15, 0.2) is 36.4 Å². The van der Waals surface area contributed by atoms with Gasteiger partial charge in [0, 0.05) is 18.0 Å². The molecule has 2 heteroatoms. The van der Waals surface area contributed by atoms with E-state index in [2.05, 4.69) is 51.1 Å². The Kier molecular flexibility index (Phi) is 3.27. The minimum atomic E-state index is 0.0450. The topological polar surface area (TPSA) is 35.2 Å². The van der Waals surface area contributed by atoms with Crippen molar-refractivity contribution >= 4 is 0 Å². The summed E-state index contributed by atoms with van der Waals surface area (Å²) in [5.41, 5.74) is 12.5. The second-order valence-corrected chi connectivity index (χ2v) is 5.85. The number of ether oxygens (including phenoxy) is 1. The lowest BCUT2D eigenvalue weighted by atomic mass is 9.90. The molecule has 2 N–H and O–H groups in total. The summed E-state index contributed by atoms with van der Waals surface area (Å²) >= 11 is 0. The summed E-state index contributed by atoms with van der Waals surface area (Å²) in [5.74, 6) is 0.931. The molecule has 20 heavy (non-hydrogen) atoms. The zero-order chi connectivity index (χ0) is 14.3. The van der Waals surface area contributed by atoms with Crippen LogP contribution in [0.3, 0.4) is 0 Å². The first-order chi connectivity index (χ1) is 9.54. The van der Waals surface area contributed by atoms with Crippen molar-refractivity contribution in [1.29, 1.82) is 0 Å². The van der Waals surface area contributed by atoms with Gasteiger partial charge in [-0.05, 0) is 38.0 Å². The fourth-order valence-corrected chi connectivity index (χ4v) is 2.92. The van der Waals surface area contributed by atoms with Gasteiger partial charge in [-0.15, -0.1) is 0 Å². The van der Waals surface area contributed by atoms with Crippen molar-refractivity contribution in [3.05, 3.63) is 64.2 Å². The van der Waals surface area contributed by atoms with Crippen molar-refractivity contribution in [2.75, 3.05) is 0 Å². The summed E-state index contributed by atoms with van der Waals surface area (Å²) in [6.07, 6.45) is 0.890. The molecule has 104 valence electrons. The maximum absolute atomic E-state index is 6.35. The van der Waals surface area contributed by atoms with Gasteiger partial charge in [0.15, 0.2) is 0 Å². The van der Waals surface area contributed by atoms with Crippen LogP contribution in [0.2, 0.25) is 0 Å². The van der Waals surface area contributed by atoms with Crippen molar-refractivity contribution < 1.29 is 4.74 Å². The Balaban J connectivity index is 1.99. The molecule has 2 aromatic carbocycles. The highest BCUT2D eigenvalue weighted by molar-refractivity contribution is 5.43. The van der Waals surface area contributed by atoms with Crippen LogP contribution < -0.4 is 10.5 Å². The minimum absolute atomic E-state index is 0.0450. The molecule has 1 heterocycles. The molecule has 3 rings (SSSR count). The molecule has 0 aromatic heterocycles. The zero-order valence-corrected chi connectivity index (χ0v) is 12.3. The molecule has 2 nitrogen and oxygen atoms in total. The van der Waals surface area contributed by atoms with Crippen molar-refractivity contribution in [3.63, 3.8) is 0 Å². The first kappa shape index (κ1) is 13.2. The second-order valence-electron chi connectivity index (χ2n) is 5.85. The number of rotatable bonds is 1. The SMILES string of the molecule is Cc1ccc(C)c(C2C[C@@H](N)c3cc(C)ccc3O2)c1. The van der Waals surface area contributed by atoms with Crippen LogP contribution in [-0.4, -0.2) is 0 Å². The van der Waals surface area contributed by atoms with Crippen LogP contribution in [0.1, 0.15) is 46.4 Å². The first-order valence-corrected chi connectivity index (χ1v) is 7.14. The number of hydrogen-bond donors (Lipinski definition) is 1. The van der Waals surface area contributed by atoms with Crippen LogP contribution >= 0.6 is 0 Å². The molecule has 0 radical (unpaired) electrons. The summed E-state index contributed by atoms with van der Waals surface area (Å²) in [7, 11) is 0. The quantitative estimate of drug-likeness (QED) is 0.843. The fourth-order valence-electron chi connectivity index (χ4n) is 2.92. The van der Waals surface area contributed by atoms with Gasteiger partial charge in [0.1, 0.15) is 11.9 Å². The van der Waals surface area contributed by atoms with Gasteiger partial charge in [-0.25, -0.2) is 0 Å². The van der Waals surface area contributed by atoms with Crippen LogP contribution in [0, 0.1) is 20.8 Å². The molecule has 0 spiro atoms. The third-order valence-corrected chi connectivity index (χ3v) is 4.08. The molecule has 0 fully saturated rings. The van der Waals surface area contributed by atoms with Crippen molar-refractivity contribution in [2.45, 2.75) is 39.3 Å². The highest BCUT2D eigenvalue weighted by Gasteiger charge is 2.27. The molecule has 0 amide bonds. The molecule has 2 atom stereocenters. The molecule has 1 unspecified atom stereocenters. The van der Waals surface area contributed by atoms with Crippen molar-refractivity contribution in [3.8, 4) is 5.75 Å². The molecule has 2 aromatic rings. The third-order valence-electron chi connectivity index (χ3n) is 4.08. The predicted octanol–water partition coefficient (Wildman–Crippen LogP) is 4.14. The standard InChI is InChI=1S/C18H21NO/c1-11-4-6-13(3)14(8-11)18-10-16(19)15-9-12(2)5-7-17(15)20-18/h4-9,16,18H,10,19H2,1-3H3/t16-,18?/m1/s1. The molecular formula is C18H21NO. The molecule has 1 aliphatic rings. The second kappa shape index (κ2) is 4.95. The third kappa shape index (κ3) is 2.32. The Hall–Kier alpha value is -1.80. The average Bonchev–Trinajstić information content (AvgIpc) is 2.42. The Bertz CT molecular complexity index is 648. The Morgan fingerprint density at radius 2 is 1.60 bits per heavy atom. The molecular weight excluding hydrogens is 246 g/mol. The van der Waals surface area contributed by atoms with Gasteiger partial charge in [-0.3, -0.25) is 0 Å². The number of benzene rings is 2. The lowest BCUT2D eigenvalue weighted by molar-refractivity contribution is 0.161. The van der Waals surface area contributed by atoms with Crippen molar-refractivity contribution in [2.24, 2.45) is 5.73 Å². The van der Waals surface area contributed by atoms with Gasteiger partial charge in [0.25, 0.3) is 0 Å². The first-order valence-electron chi connectivity index (χ1n) is 7.14. The lowest BCUT2D eigenvalue weighted by Gasteiger charge is -2.31. The van der Waals surface area contributed by atoms with E-state index in [-0.39, 0.29) is 12.1 Å². The summed E-state index contributed by atoms with van der Waals surface area (Å²) in [4.78, 5) is 0. The molecule has 1 aliphatic heterocycles. The highest BCUT2D eigenvalue weighted by Crippen LogP contribution is 2.40. The van der Waals surface area contributed by atoms with E-state index >= 15 is 0 Å². The van der Waals surface area contributed by atoms with Crippen LogP contribution in [0.4, 0.5) is 0 Å². The van der Waals surface area contributed by atoms with Crippen LogP contribution in [0.5, 0.6) is 5.75 Å². The Morgan fingerprint density at radius 1 is 0.950 bits per heavy atom. The number of nitrogens with two attached hydrogens (primary N) is 1. The normalized spacial score (nSPS) is 21.2. The van der Waals surface area contributed by atoms with Crippen LogP contribution in [-0.2, 0) is 0 Å². The van der Waals surface area contributed by atoms with E-state index in [0.29, 0.717) is 0 Å². The molecule has 0 aliphatic carbocycles. The highest BCUT2D eigenvalue weighted by atomic mass is 16.5. The van der Waals surface area contributed by atoms with E-state index in [0.717, 1.165) is 17.7 Å². The van der Waals surface area contributed by atoms with Crippen LogP contribution in [0.25, 0.3) is 0 Å². The summed E-state index contributed by atoms with van der Waals surface area (Å²) < 4.78 is 6.20. The minimum Gasteiger partial charge on any atom is -0.485 e. The monoisotopic (exact) mass is 267 g/mol. The number of hydrogen-bond acceptors (Lipinski definition) is 2. The predicted molar refractivity (Wildman–Crippen MR) is 82.0 cm³/mol. The Morgan fingerprint density at radius 3 is 2.35 bits per heavy atom. The lowest BCUT2D eigenvalue weighted by Crippen LogP contribution is -2.24. The summed E-state index contributed by atoms with van der Waals surface area (Å²) in [6.45, 7) is 6.33. The van der Waals surface area contributed by atoms with Gasteiger partial charge in [0.2, 0.25) is 0 Å². The largest absolute Gasteiger partial charge is 0.485 e. The fraction of sp³-hybridized carbons (Fsp3) is 0.333. The van der Waals surface area contributed by atoms with E-state index in [1.165, 1.54) is 22.3 Å². The molecule has 0 saturated heterocycles. The van der Waals surface area contributed by atoms with E-state index in [1.807, 2.05) is 6.07 Å². The van der Waals surface area contributed by atoms with Gasteiger partial charge < -0.3 is 10.5 Å². The van der Waals surface area contributed by atoms with E-state index < -0.39 is 0 Å². The maximum atomic E-state index is 6.35. The van der Waals surface area contributed by atoms with Crippen molar-refractivity contribution in [1.82, 2.24) is 0 Å². The van der Waals surface area contributed by atoms with Gasteiger partial charge in [-0.2, -0.15) is 0 Å². The number of fused-ring (bicyclic) bond motifs is 1. The van der Waals surface area contributed by atoms with E-state index in [4.69, 9.17) is 10.5 Å². The van der Waals surface area contributed by atoms with E-state index in [9.17, 15) is 0 Å². The maximum Gasteiger partial charge on any atom is 0.126 e. The summed E-state index contributed by atoms with van der Waals surface area (Å²) in [5, 5.41) is 0. The molecule has 0 saturated carbocycles. The van der Waals surface area contributed by atoms with Gasteiger partial charge in [0.05, 0.1) is 0 Å². The summed E-state index contributed by atoms with van der Waals surface area (Å²) in [6, 6.07) is 12.8.